The Balaban J connectivity index is 3.31. The summed E-state index contributed by atoms with van der Waals surface area (Å²) in [6.07, 6.45) is 0. The summed E-state index contributed by atoms with van der Waals surface area (Å²) in [5.74, 6) is 0. The van der Waals surface area contributed by atoms with E-state index in [4.69, 9.17) is 0 Å². The van der Waals surface area contributed by atoms with Crippen molar-refractivity contribution in [1.82, 2.24) is 9.84 Å². The average molecular weight is 288 g/mol. The topological polar surface area (TPSA) is 105 Å². The van der Waals surface area contributed by atoms with Crippen LogP contribution in [0.5, 0.6) is 0 Å². The smallest absolute Gasteiger partial charge is 0.291 e. The molecule has 106 valence electrons. The van der Waals surface area contributed by atoms with E-state index in [9.17, 15) is 18.5 Å². The van der Waals surface area contributed by atoms with Gasteiger partial charge in [0.1, 0.15) is 0 Å². The summed E-state index contributed by atoms with van der Waals surface area (Å²) in [5, 5.41) is 15.1. The summed E-state index contributed by atoms with van der Waals surface area (Å²) in [4.78, 5) is 12.1. The van der Waals surface area contributed by atoms with Crippen LogP contribution in [0.1, 0.15) is 6.92 Å². The molecule has 0 radical (unpaired) electrons. The van der Waals surface area contributed by atoms with Gasteiger partial charge >= 0.3 is 0 Å². The number of nitro benzene ring substituents is 1. The van der Waals surface area contributed by atoms with Crippen LogP contribution in [-0.2, 0) is 10.0 Å². The molecule has 0 aromatic heterocycles. The van der Waals surface area contributed by atoms with Gasteiger partial charge in [-0.2, -0.15) is 0 Å². The fraction of sp³-hybridized carbons (Fsp3) is 0.400. The maximum Gasteiger partial charge on any atom is 0.291 e. The summed E-state index contributed by atoms with van der Waals surface area (Å²) >= 11 is 0. The van der Waals surface area contributed by atoms with Crippen LogP contribution in [0.15, 0.2) is 23.1 Å². The number of hydrogen-bond acceptors (Lipinski definition) is 6. The third kappa shape index (κ3) is 3.88. The van der Waals surface area contributed by atoms with Gasteiger partial charge in [0, 0.05) is 32.4 Å². The lowest BCUT2D eigenvalue weighted by molar-refractivity contribution is -0.387. The number of nitrogens with one attached hydrogen (secondary N) is 2. The fourth-order valence-electron chi connectivity index (χ4n) is 1.49. The second-order valence-electron chi connectivity index (χ2n) is 3.96. The molecule has 0 aliphatic heterocycles. The molecule has 0 heterocycles. The van der Waals surface area contributed by atoms with Gasteiger partial charge in [-0.25, -0.2) is 13.4 Å². The van der Waals surface area contributed by atoms with Gasteiger partial charge in [0.15, 0.2) is 4.90 Å². The van der Waals surface area contributed by atoms with Crippen molar-refractivity contribution >= 4 is 21.4 Å². The third-order valence-corrected chi connectivity index (χ3v) is 3.66. The first-order chi connectivity index (χ1) is 8.77. The van der Waals surface area contributed by atoms with E-state index in [1.807, 2.05) is 6.92 Å². The lowest BCUT2D eigenvalue weighted by Gasteiger charge is -2.13. The van der Waals surface area contributed by atoms with Crippen molar-refractivity contribution in [2.45, 2.75) is 11.8 Å². The number of hydrazine groups is 1. The van der Waals surface area contributed by atoms with E-state index in [1.165, 1.54) is 37.3 Å². The Labute approximate surface area is 111 Å². The Morgan fingerprint density at radius 2 is 2.00 bits per heavy atom. The van der Waals surface area contributed by atoms with E-state index in [-0.39, 0.29) is 4.90 Å². The largest absolute Gasteiger partial charge is 0.385 e. The quantitative estimate of drug-likeness (QED) is 0.592. The van der Waals surface area contributed by atoms with Gasteiger partial charge in [0.2, 0.25) is 0 Å². The highest BCUT2D eigenvalue weighted by Crippen LogP contribution is 2.27. The van der Waals surface area contributed by atoms with E-state index in [0.717, 1.165) is 0 Å². The van der Waals surface area contributed by atoms with Crippen LogP contribution in [-0.4, -0.2) is 39.0 Å². The van der Waals surface area contributed by atoms with Crippen LogP contribution >= 0.6 is 0 Å². The predicted molar refractivity (Wildman–Crippen MR) is 71.3 cm³/mol. The molecule has 0 aliphatic rings. The first kappa shape index (κ1) is 15.3. The van der Waals surface area contributed by atoms with Gasteiger partial charge in [-0.1, -0.05) is 0 Å². The Kier molecular flexibility index (Phi) is 4.81. The first-order valence-electron chi connectivity index (χ1n) is 5.50. The van der Waals surface area contributed by atoms with Crippen molar-refractivity contribution in [1.29, 1.82) is 0 Å². The van der Waals surface area contributed by atoms with Crippen molar-refractivity contribution in [2.24, 2.45) is 0 Å². The summed E-state index contributed by atoms with van der Waals surface area (Å²) in [6.45, 7) is 2.42. The van der Waals surface area contributed by atoms with Crippen molar-refractivity contribution in [2.75, 3.05) is 26.0 Å². The lowest BCUT2D eigenvalue weighted by Crippen LogP contribution is -2.36. The molecule has 1 aromatic rings. The average Bonchev–Trinajstić information content (AvgIpc) is 2.27. The molecule has 0 aliphatic carbocycles. The van der Waals surface area contributed by atoms with Gasteiger partial charge in [-0.3, -0.25) is 10.1 Å². The summed E-state index contributed by atoms with van der Waals surface area (Å²) in [7, 11) is -0.995. The predicted octanol–water partition coefficient (Wildman–Crippen LogP) is 0.781. The zero-order chi connectivity index (χ0) is 14.6. The van der Waals surface area contributed by atoms with Gasteiger partial charge in [0.25, 0.3) is 15.7 Å². The molecule has 0 bridgehead atoms. The van der Waals surface area contributed by atoms with Crippen LogP contribution < -0.4 is 10.1 Å². The van der Waals surface area contributed by atoms with Crippen LogP contribution in [0.3, 0.4) is 0 Å². The fourth-order valence-corrected chi connectivity index (χ4v) is 2.73. The molecule has 0 atom stereocenters. The number of nitrogens with zero attached hydrogens (tertiary/aromatic N) is 2. The number of sulfonamides is 1. The number of hydrogen-bond donors (Lipinski definition) is 2. The van der Waals surface area contributed by atoms with Crippen LogP contribution in [0.4, 0.5) is 11.4 Å². The molecule has 9 heteroatoms. The van der Waals surface area contributed by atoms with Crippen molar-refractivity contribution in [3.8, 4) is 0 Å². The monoisotopic (exact) mass is 288 g/mol. The number of rotatable bonds is 6. The molecule has 2 N–H and O–H groups in total. The molecule has 0 spiro atoms. The second-order valence-corrected chi connectivity index (χ2v) is 5.59. The van der Waals surface area contributed by atoms with E-state index in [2.05, 4.69) is 10.1 Å². The first-order valence-corrected chi connectivity index (χ1v) is 6.98. The maximum absolute atomic E-state index is 12.0. The molecule has 19 heavy (non-hydrogen) atoms. The minimum absolute atomic E-state index is 0.368. The normalized spacial score (nSPS) is 11.6. The molecular formula is C10H16N4O4S. The highest BCUT2D eigenvalue weighted by molar-refractivity contribution is 7.89. The van der Waals surface area contributed by atoms with Crippen LogP contribution in [0, 0.1) is 10.1 Å². The number of anilines is 1. The summed E-state index contributed by atoms with van der Waals surface area (Å²) in [6, 6.07) is 3.90. The Morgan fingerprint density at radius 3 is 2.47 bits per heavy atom. The summed E-state index contributed by atoms with van der Waals surface area (Å²) in [5.41, 5.74) is 0.0332. The van der Waals surface area contributed by atoms with Crippen molar-refractivity contribution < 1.29 is 13.3 Å². The lowest BCUT2D eigenvalue weighted by atomic mass is 10.3. The van der Waals surface area contributed by atoms with E-state index < -0.39 is 20.6 Å². The SMILES string of the molecule is CCNc1ccc(S(=O)(=O)NN(C)C)c([N+](=O)[O-])c1. The molecule has 1 aromatic carbocycles. The van der Waals surface area contributed by atoms with Crippen LogP contribution in [0.25, 0.3) is 0 Å². The molecular weight excluding hydrogens is 272 g/mol. The Hall–Kier alpha value is -1.71. The Bertz CT molecular complexity index is 571. The van der Waals surface area contributed by atoms with Crippen molar-refractivity contribution in [3.05, 3.63) is 28.3 Å². The molecule has 8 nitrogen and oxygen atoms in total. The van der Waals surface area contributed by atoms with Gasteiger partial charge in [-0.05, 0) is 19.1 Å². The second kappa shape index (κ2) is 5.95. The van der Waals surface area contributed by atoms with Gasteiger partial charge in [-0.15, -0.1) is 4.83 Å². The minimum atomic E-state index is -3.96. The van der Waals surface area contributed by atoms with Gasteiger partial charge < -0.3 is 5.32 Å². The highest BCUT2D eigenvalue weighted by atomic mass is 32.2. The molecule has 0 saturated carbocycles. The molecule has 0 unspecified atom stereocenters. The van der Waals surface area contributed by atoms with E-state index in [1.54, 1.807) is 0 Å². The van der Waals surface area contributed by atoms with Gasteiger partial charge in [0.05, 0.1) is 4.92 Å². The van der Waals surface area contributed by atoms with Crippen LogP contribution in [0.2, 0.25) is 0 Å². The number of nitro groups is 1. The third-order valence-electron chi connectivity index (χ3n) is 2.13. The molecule has 0 saturated heterocycles. The van der Waals surface area contributed by atoms with E-state index >= 15 is 0 Å². The molecule has 1 rings (SSSR count). The molecule has 0 fully saturated rings. The maximum atomic E-state index is 12.0. The highest BCUT2D eigenvalue weighted by Gasteiger charge is 2.26. The summed E-state index contributed by atoms with van der Waals surface area (Å²) < 4.78 is 23.9. The van der Waals surface area contributed by atoms with E-state index in [0.29, 0.717) is 12.2 Å². The zero-order valence-corrected chi connectivity index (χ0v) is 11.7. The molecule has 0 amide bonds. The number of benzene rings is 1. The Morgan fingerprint density at radius 1 is 1.37 bits per heavy atom. The standard InChI is InChI=1S/C10H16N4O4S/c1-4-11-8-5-6-10(9(7-8)14(15)16)19(17,18)12-13(2)3/h5-7,11-12H,4H2,1-3H3. The minimum Gasteiger partial charge on any atom is -0.385 e. The van der Waals surface area contributed by atoms with Crippen molar-refractivity contribution in [3.63, 3.8) is 0 Å². The zero-order valence-electron chi connectivity index (χ0n) is 10.9.